The molecule has 2 aromatic rings. The van der Waals surface area contributed by atoms with Crippen molar-refractivity contribution in [2.45, 2.75) is 6.54 Å². The van der Waals surface area contributed by atoms with E-state index in [1.54, 1.807) is 12.1 Å². The highest BCUT2D eigenvalue weighted by Gasteiger charge is 2.10. The van der Waals surface area contributed by atoms with Crippen LogP contribution in [0.25, 0.3) is 6.08 Å². The third-order valence-corrected chi connectivity index (χ3v) is 4.11. The van der Waals surface area contributed by atoms with E-state index < -0.39 is 0 Å². The van der Waals surface area contributed by atoms with E-state index in [0.29, 0.717) is 5.56 Å². The maximum Gasteiger partial charge on any atom is 0.150 e. The first kappa shape index (κ1) is 17.2. The summed E-state index contributed by atoms with van der Waals surface area (Å²) >= 11 is 0. The number of nitrogens with zero attached hydrogens (tertiary/aromatic N) is 1. The smallest absolute Gasteiger partial charge is 0.150 e. The summed E-state index contributed by atoms with van der Waals surface area (Å²) in [6.07, 6.45) is 4.61. The summed E-state index contributed by atoms with van der Waals surface area (Å²) in [6.45, 7) is 4.62. The van der Waals surface area contributed by atoms with Crippen LogP contribution in [0.4, 0.5) is 0 Å². The van der Waals surface area contributed by atoms with Crippen molar-refractivity contribution in [3.8, 4) is 11.8 Å². The molecule has 1 fully saturated rings. The van der Waals surface area contributed by atoms with E-state index in [4.69, 9.17) is 4.74 Å². The van der Waals surface area contributed by atoms with Crippen LogP contribution in [0.15, 0.2) is 54.6 Å². The van der Waals surface area contributed by atoms with Gasteiger partial charge in [0, 0.05) is 30.8 Å². The van der Waals surface area contributed by atoms with Crippen LogP contribution < -0.4 is 0 Å². The van der Waals surface area contributed by atoms with E-state index in [1.165, 1.54) is 5.56 Å². The van der Waals surface area contributed by atoms with Gasteiger partial charge in [-0.05, 0) is 35.4 Å². The minimum Gasteiger partial charge on any atom is -0.379 e. The molecule has 0 amide bonds. The van der Waals surface area contributed by atoms with Gasteiger partial charge in [0.2, 0.25) is 0 Å². The average molecular weight is 331 g/mol. The van der Waals surface area contributed by atoms with Crippen molar-refractivity contribution in [1.29, 1.82) is 0 Å². The molecule has 1 saturated heterocycles. The van der Waals surface area contributed by atoms with Crippen LogP contribution in [0.1, 0.15) is 27.0 Å². The Labute approximate surface area is 148 Å². The summed E-state index contributed by atoms with van der Waals surface area (Å²) in [5.74, 6) is 6.19. The molecule has 0 radical (unpaired) electrons. The molecule has 3 rings (SSSR count). The minimum absolute atomic E-state index is 0.681. The van der Waals surface area contributed by atoms with Crippen LogP contribution >= 0.6 is 0 Å². The summed E-state index contributed by atoms with van der Waals surface area (Å²) in [5.41, 5.74) is 4.02. The Morgan fingerprint density at radius 3 is 2.32 bits per heavy atom. The van der Waals surface area contributed by atoms with Crippen molar-refractivity contribution in [3.05, 3.63) is 76.9 Å². The molecule has 0 unspecified atom stereocenters. The molecule has 0 N–H and O–H groups in total. The van der Waals surface area contributed by atoms with Gasteiger partial charge in [0.1, 0.15) is 6.29 Å². The van der Waals surface area contributed by atoms with Gasteiger partial charge in [-0.2, -0.15) is 0 Å². The molecule has 0 aromatic heterocycles. The first-order valence-corrected chi connectivity index (χ1v) is 8.46. The second kappa shape index (κ2) is 8.98. The Bertz CT molecular complexity index is 774. The van der Waals surface area contributed by atoms with E-state index in [1.807, 2.05) is 24.3 Å². The predicted molar refractivity (Wildman–Crippen MR) is 100 cm³/mol. The number of hydrogen-bond acceptors (Lipinski definition) is 3. The second-order valence-electron chi connectivity index (χ2n) is 5.97. The second-order valence-corrected chi connectivity index (χ2v) is 5.97. The molecule has 0 spiro atoms. The van der Waals surface area contributed by atoms with Gasteiger partial charge in [0.05, 0.1) is 13.2 Å². The minimum atomic E-state index is 0.681. The Morgan fingerprint density at radius 1 is 0.960 bits per heavy atom. The van der Waals surface area contributed by atoms with Crippen molar-refractivity contribution < 1.29 is 9.53 Å². The maximum absolute atomic E-state index is 10.6. The Balaban J connectivity index is 1.55. The van der Waals surface area contributed by atoms with Crippen LogP contribution in [0.2, 0.25) is 0 Å². The third kappa shape index (κ3) is 5.42. The lowest BCUT2D eigenvalue weighted by molar-refractivity contribution is 0.0342. The summed E-state index contributed by atoms with van der Waals surface area (Å²) in [7, 11) is 0. The van der Waals surface area contributed by atoms with Gasteiger partial charge in [-0.1, -0.05) is 48.2 Å². The molecular weight excluding hydrogens is 310 g/mol. The standard InChI is InChI=1S/C22H21NO2/c24-18-22-11-7-20(8-12-22)4-2-1-3-19-5-9-21(10-6-19)17-23-13-15-25-16-14-23/h2,4-12,18H,13-17H2/b4-2+. The first-order chi connectivity index (χ1) is 12.3. The number of aldehydes is 1. The summed E-state index contributed by atoms with van der Waals surface area (Å²) in [6, 6.07) is 15.8. The normalized spacial score (nSPS) is 14.9. The van der Waals surface area contributed by atoms with E-state index in [-0.39, 0.29) is 0 Å². The summed E-state index contributed by atoms with van der Waals surface area (Å²) < 4.78 is 5.37. The number of morpholine rings is 1. The lowest BCUT2D eigenvalue weighted by Crippen LogP contribution is -2.35. The zero-order chi connectivity index (χ0) is 17.3. The fraction of sp³-hybridized carbons (Fsp3) is 0.227. The molecule has 1 aliphatic heterocycles. The van der Waals surface area contributed by atoms with Crippen LogP contribution in [0.5, 0.6) is 0 Å². The number of carbonyl (C=O) groups is 1. The molecule has 1 heterocycles. The van der Waals surface area contributed by atoms with Gasteiger partial charge in [-0.3, -0.25) is 9.69 Å². The van der Waals surface area contributed by atoms with Crippen molar-refractivity contribution >= 4 is 12.4 Å². The Morgan fingerprint density at radius 2 is 1.64 bits per heavy atom. The molecule has 0 aliphatic carbocycles. The number of benzene rings is 2. The maximum atomic E-state index is 10.6. The number of carbonyl (C=O) groups excluding carboxylic acids is 1. The fourth-order valence-corrected chi connectivity index (χ4v) is 2.66. The van der Waals surface area contributed by atoms with Gasteiger partial charge in [-0.25, -0.2) is 0 Å². The zero-order valence-electron chi connectivity index (χ0n) is 14.2. The predicted octanol–water partition coefficient (Wildman–Crippen LogP) is 3.40. The van der Waals surface area contributed by atoms with Crippen molar-refractivity contribution in [2.75, 3.05) is 26.3 Å². The SMILES string of the molecule is O=Cc1ccc(/C=C/C#Cc2ccc(CN3CCOCC3)cc2)cc1. The van der Waals surface area contributed by atoms with Crippen LogP contribution in [0, 0.1) is 11.8 Å². The van der Waals surface area contributed by atoms with Crippen molar-refractivity contribution in [2.24, 2.45) is 0 Å². The highest BCUT2D eigenvalue weighted by molar-refractivity contribution is 5.75. The molecule has 0 bridgehead atoms. The molecular formula is C22H21NO2. The van der Waals surface area contributed by atoms with E-state index in [2.05, 4.69) is 41.0 Å². The molecule has 25 heavy (non-hydrogen) atoms. The van der Waals surface area contributed by atoms with Gasteiger partial charge in [0.15, 0.2) is 0 Å². The van der Waals surface area contributed by atoms with Crippen LogP contribution in [-0.4, -0.2) is 37.5 Å². The molecule has 3 nitrogen and oxygen atoms in total. The number of ether oxygens (including phenoxy) is 1. The van der Waals surface area contributed by atoms with Crippen molar-refractivity contribution in [1.82, 2.24) is 4.90 Å². The quantitative estimate of drug-likeness (QED) is 0.635. The molecule has 126 valence electrons. The Hall–Kier alpha value is -2.67. The number of rotatable bonds is 4. The van der Waals surface area contributed by atoms with Crippen LogP contribution in [-0.2, 0) is 11.3 Å². The largest absolute Gasteiger partial charge is 0.379 e. The lowest BCUT2D eigenvalue weighted by Gasteiger charge is -2.26. The molecule has 0 atom stereocenters. The molecule has 2 aromatic carbocycles. The average Bonchev–Trinajstić information content (AvgIpc) is 2.68. The topological polar surface area (TPSA) is 29.5 Å². The Kier molecular flexibility index (Phi) is 6.17. The van der Waals surface area contributed by atoms with Gasteiger partial charge < -0.3 is 4.74 Å². The monoisotopic (exact) mass is 331 g/mol. The van der Waals surface area contributed by atoms with Gasteiger partial charge in [0.25, 0.3) is 0 Å². The number of allylic oxidation sites excluding steroid dienone is 1. The highest BCUT2D eigenvalue weighted by atomic mass is 16.5. The zero-order valence-corrected chi connectivity index (χ0v) is 14.2. The first-order valence-electron chi connectivity index (χ1n) is 8.46. The van der Waals surface area contributed by atoms with Crippen LogP contribution in [0.3, 0.4) is 0 Å². The molecule has 1 aliphatic rings. The van der Waals surface area contributed by atoms with E-state index in [0.717, 1.165) is 50.3 Å². The van der Waals surface area contributed by atoms with E-state index >= 15 is 0 Å². The van der Waals surface area contributed by atoms with E-state index in [9.17, 15) is 4.79 Å². The fourth-order valence-electron chi connectivity index (χ4n) is 2.66. The van der Waals surface area contributed by atoms with Crippen molar-refractivity contribution in [3.63, 3.8) is 0 Å². The third-order valence-electron chi connectivity index (χ3n) is 4.11. The summed E-state index contributed by atoms with van der Waals surface area (Å²) in [4.78, 5) is 13.0. The lowest BCUT2D eigenvalue weighted by atomic mass is 10.1. The molecule has 0 saturated carbocycles. The number of hydrogen-bond donors (Lipinski definition) is 0. The van der Waals surface area contributed by atoms with Gasteiger partial charge in [-0.15, -0.1) is 0 Å². The molecule has 3 heteroatoms. The summed E-state index contributed by atoms with van der Waals surface area (Å²) in [5, 5.41) is 0. The van der Waals surface area contributed by atoms with Gasteiger partial charge >= 0.3 is 0 Å². The highest BCUT2D eigenvalue weighted by Crippen LogP contribution is 2.09.